The number of ketones is 1. The topological polar surface area (TPSA) is 85.2 Å². The summed E-state index contributed by atoms with van der Waals surface area (Å²) in [5, 5.41) is 0.928. The molecule has 0 atom stereocenters. The molecule has 0 saturated heterocycles. The third-order valence-corrected chi connectivity index (χ3v) is 6.00. The van der Waals surface area contributed by atoms with Gasteiger partial charge in [0.25, 0.3) is 0 Å². The molecule has 5 rings (SSSR count). The third-order valence-electron chi connectivity index (χ3n) is 6.00. The number of esters is 1. The number of Topliss-reactive ketones (excluding diaryl/α,β-unsaturated/α-hetero) is 1. The molecule has 3 aromatic carbocycles. The lowest BCUT2D eigenvalue weighted by Gasteiger charge is -2.12. The highest BCUT2D eigenvalue weighted by Crippen LogP contribution is 2.37. The van der Waals surface area contributed by atoms with Gasteiger partial charge in [-0.3, -0.25) is 4.79 Å². The van der Waals surface area contributed by atoms with Crippen LogP contribution in [0.3, 0.4) is 0 Å². The number of allylic oxidation sites excluding steroid dienone is 1. The quantitative estimate of drug-likeness (QED) is 0.215. The highest BCUT2D eigenvalue weighted by atomic mass is 16.5. The third kappa shape index (κ3) is 3.92. The van der Waals surface area contributed by atoms with Gasteiger partial charge in [-0.15, -0.1) is 0 Å². The number of ether oxygens (including phenoxy) is 5. The van der Waals surface area contributed by atoms with Crippen LogP contribution in [0.2, 0.25) is 0 Å². The van der Waals surface area contributed by atoms with E-state index >= 15 is 0 Å². The number of benzene rings is 3. The fraction of sp³-hybridized carbons (Fsp3) is 0.143. The number of hydrogen-bond donors (Lipinski definition) is 0. The summed E-state index contributed by atoms with van der Waals surface area (Å²) < 4.78 is 29.3. The van der Waals surface area contributed by atoms with Crippen molar-refractivity contribution in [3.05, 3.63) is 83.2 Å². The van der Waals surface area contributed by atoms with Crippen LogP contribution in [-0.2, 0) is 7.05 Å². The van der Waals surface area contributed by atoms with Gasteiger partial charge in [-0.05, 0) is 48.5 Å². The Morgan fingerprint density at radius 1 is 0.917 bits per heavy atom. The Bertz CT molecular complexity index is 1530. The summed E-state index contributed by atoms with van der Waals surface area (Å²) in [4.78, 5) is 25.9. The van der Waals surface area contributed by atoms with E-state index in [-0.39, 0.29) is 22.9 Å². The van der Waals surface area contributed by atoms with E-state index in [2.05, 4.69) is 0 Å². The van der Waals surface area contributed by atoms with Crippen LogP contribution in [0.15, 0.2) is 66.6 Å². The average molecular weight is 485 g/mol. The summed E-state index contributed by atoms with van der Waals surface area (Å²) in [6.07, 6.45) is 3.63. The Labute approximate surface area is 207 Å². The summed E-state index contributed by atoms with van der Waals surface area (Å²) >= 11 is 0. The molecule has 0 spiro atoms. The maximum absolute atomic E-state index is 13.0. The number of aryl methyl sites for hydroxylation is 1. The minimum Gasteiger partial charge on any atom is -0.497 e. The van der Waals surface area contributed by atoms with E-state index in [9.17, 15) is 9.59 Å². The van der Waals surface area contributed by atoms with Gasteiger partial charge >= 0.3 is 5.97 Å². The summed E-state index contributed by atoms with van der Waals surface area (Å²) in [5.41, 5.74) is 2.35. The lowest BCUT2D eigenvalue weighted by Crippen LogP contribution is -2.12. The van der Waals surface area contributed by atoms with E-state index in [1.54, 1.807) is 43.5 Å². The maximum atomic E-state index is 13.0. The summed E-state index contributed by atoms with van der Waals surface area (Å²) in [6, 6.07) is 15.4. The van der Waals surface area contributed by atoms with Crippen LogP contribution in [0.5, 0.6) is 28.7 Å². The standard InChI is InChI=1S/C28H23NO7/c1-29-15-16(20-13-17(32-2)9-11-21(20)29)12-25-27(30)19-10-8-18(14-24(19)36-25)35-28(31)26-22(33-3)6-5-7-23(26)34-4/h5-15H,1-4H3/b25-12-. The Morgan fingerprint density at radius 3 is 2.33 bits per heavy atom. The first-order valence-corrected chi connectivity index (χ1v) is 11.1. The van der Waals surface area contributed by atoms with E-state index in [0.29, 0.717) is 28.6 Å². The largest absolute Gasteiger partial charge is 0.497 e. The first kappa shape index (κ1) is 23.0. The molecular weight excluding hydrogens is 462 g/mol. The number of nitrogens with zero attached hydrogens (tertiary/aromatic N) is 1. The number of fused-ring (bicyclic) bond motifs is 2. The first-order valence-electron chi connectivity index (χ1n) is 11.1. The van der Waals surface area contributed by atoms with Crippen molar-refractivity contribution >= 4 is 28.7 Å². The maximum Gasteiger partial charge on any atom is 0.351 e. The van der Waals surface area contributed by atoms with Crippen LogP contribution in [0.25, 0.3) is 17.0 Å². The molecule has 0 bridgehead atoms. The molecule has 1 aliphatic heterocycles. The molecule has 0 fully saturated rings. The number of hydrogen-bond acceptors (Lipinski definition) is 7. The molecule has 1 aromatic heterocycles. The molecule has 4 aromatic rings. The van der Waals surface area contributed by atoms with Crippen LogP contribution < -0.4 is 23.7 Å². The number of methoxy groups -OCH3 is 3. The predicted molar refractivity (Wildman–Crippen MR) is 133 cm³/mol. The van der Waals surface area contributed by atoms with Crippen molar-refractivity contribution in [1.82, 2.24) is 4.57 Å². The molecule has 8 heteroatoms. The minimum atomic E-state index is -0.658. The van der Waals surface area contributed by atoms with Crippen LogP contribution in [0.4, 0.5) is 0 Å². The first-order chi connectivity index (χ1) is 17.4. The van der Waals surface area contributed by atoms with Crippen LogP contribution in [-0.4, -0.2) is 37.6 Å². The molecule has 1 aliphatic rings. The van der Waals surface area contributed by atoms with Crippen LogP contribution in [0, 0.1) is 0 Å². The van der Waals surface area contributed by atoms with Gasteiger partial charge in [-0.2, -0.15) is 0 Å². The highest BCUT2D eigenvalue weighted by molar-refractivity contribution is 6.15. The van der Waals surface area contributed by atoms with Crippen molar-refractivity contribution in [3.8, 4) is 28.7 Å². The van der Waals surface area contributed by atoms with E-state index in [4.69, 9.17) is 23.7 Å². The minimum absolute atomic E-state index is 0.159. The Hall–Kier alpha value is -4.72. The zero-order chi connectivity index (χ0) is 25.4. The zero-order valence-corrected chi connectivity index (χ0v) is 20.2. The second-order valence-electron chi connectivity index (χ2n) is 8.10. The van der Waals surface area contributed by atoms with Gasteiger partial charge in [0.1, 0.15) is 34.3 Å². The monoisotopic (exact) mass is 485 g/mol. The normalized spacial score (nSPS) is 13.4. The summed E-state index contributed by atoms with van der Waals surface area (Å²) in [6.45, 7) is 0. The molecule has 182 valence electrons. The van der Waals surface area contributed by atoms with Gasteiger partial charge in [0.2, 0.25) is 5.78 Å². The Kier molecular flexibility index (Phi) is 5.85. The van der Waals surface area contributed by atoms with Crippen molar-refractivity contribution in [2.45, 2.75) is 0 Å². The number of rotatable bonds is 6. The van der Waals surface area contributed by atoms with Crippen molar-refractivity contribution in [3.63, 3.8) is 0 Å². The van der Waals surface area contributed by atoms with Crippen molar-refractivity contribution < 1.29 is 33.3 Å². The summed E-state index contributed by atoms with van der Waals surface area (Å²) in [7, 11) is 6.46. The Morgan fingerprint density at radius 2 is 1.64 bits per heavy atom. The van der Waals surface area contributed by atoms with Gasteiger partial charge in [0.15, 0.2) is 5.76 Å². The van der Waals surface area contributed by atoms with E-state index < -0.39 is 5.97 Å². The summed E-state index contributed by atoms with van der Waals surface area (Å²) in [5.74, 6) is 1.15. The lowest BCUT2D eigenvalue weighted by molar-refractivity contribution is 0.0727. The lowest BCUT2D eigenvalue weighted by atomic mass is 10.1. The van der Waals surface area contributed by atoms with Crippen molar-refractivity contribution in [2.75, 3.05) is 21.3 Å². The number of carbonyl (C=O) groups excluding carboxylic acids is 2. The highest BCUT2D eigenvalue weighted by Gasteiger charge is 2.29. The van der Waals surface area contributed by atoms with E-state index in [0.717, 1.165) is 16.5 Å². The SMILES string of the molecule is COc1ccc2c(c1)c(/C=C1\Oc3cc(OC(=O)c4c(OC)cccc4OC)ccc3C1=O)cn2C. The fourth-order valence-electron chi connectivity index (χ4n) is 4.23. The van der Waals surface area contributed by atoms with Gasteiger partial charge in [-0.1, -0.05) is 6.07 Å². The smallest absolute Gasteiger partial charge is 0.351 e. The van der Waals surface area contributed by atoms with E-state index in [1.807, 2.05) is 36.0 Å². The molecule has 0 unspecified atom stereocenters. The second-order valence-corrected chi connectivity index (χ2v) is 8.10. The number of aromatic nitrogens is 1. The molecule has 0 radical (unpaired) electrons. The molecule has 0 N–H and O–H groups in total. The van der Waals surface area contributed by atoms with Gasteiger partial charge in [0.05, 0.1) is 26.9 Å². The number of carbonyl (C=O) groups is 2. The fourth-order valence-corrected chi connectivity index (χ4v) is 4.23. The van der Waals surface area contributed by atoms with E-state index in [1.165, 1.54) is 20.3 Å². The Balaban J connectivity index is 1.44. The molecular formula is C28H23NO7. The van der Waals surface area contributed by atoms with Gasteiger partial charge in [0, 0.05) is 35.8 Å². The average Bonchev–Trinajstić information content (AvgIpc) is 3.38. The second kappa shape index (κ2) is 9.14. The van der Waals surface area contributed by atoms with Crippen LogP contribution >= 0.6 is 0 Å². The van der Waals surface area contributed by atoms with Gasteiger partial charge < -0.3 is 28.3 Å². The molecule has 0 aliphatic carbocycles. The van der Waals surface area contributed by atoms with Crippen molar-refractivity contribution in [1.29, 1.82) is 0 Å². The van der Waals surface area contributed by atoms with Crippen molar-refractivity contribution in [2.24, 2.45) is 7.05 Å². The zero-order valence-electron chi connectivity index (χ0n) is 20.2. The van der Waals surface area contributed by atoms with Crippen LogP contribution in [0.1, 0.15) is 26.3 Å². The molecule has 0 amide bonds. The molecule has 8 nitrogen and oxygen atoms in total. The molecule has 2 heterocycles. The van der Waals surface area contributed by atoms with Gasteiger partial charge in [-0.25, -0.2) is 4.79 Å². The predicted octanol–water partition coefficient (Wildman–Crippen LogP) is 5.04. The molecule has 36 heavy (non-hydrogen) atoms. The molecule has 0 saturated carbocycles.